The van der Waals surface area contributed by atoms with Crippen molar-refractivity contribution in [3.8, 4) is 5.75 Å². The summed E-state index contributed by atoms with van der Waals surface area (Å²) >= 11 is 9.15. The van der Waals surface area contributed by atoms with Gasteiger partial charge in [-0.15, -0.1) is 0 Å². The summed E-state index contributed by atoms with van der Waals surface area (Å²) in [7, 11) is 1.49. The summed E-state index contributed by atoms with van der Waals surface area (Å²) in [6.45, 7) is 0. The average molecular weight is 435 g/mol. The van der Waals surface area contributed by atoms with Crippen molar-refractivity contribution in [1.29, 1.82) is 0 Å². The lowest BCUT2D eigenvalue weighted by Crippen LogP contribution is -2.11. The van der Waals surface area contributed by atoms with Crippen LogP contribution in [0.1, 0.15) is 11.1 Å². The van der Waals surface area contributed by atoms with E-state index in [0.29, 0.717) is 11.3 Å². The number of amides is 1. The number of alkyl halides is 3. The third-order valence-corrected chi connectivity index (χ3v) is 3.98. The van der Waals surface area contributed by atoms with E-state index in [-0.39, 0.29) is 10.7 Å². The summed E-state index contributed by atoms with van der Waals surface area (Å²) < 4.78 is 44.2. The van der Waals surface area contributed by atoms with Gasteiger partial charge in [-0.1, -0.05) is 27.5 Å². The lowest BCUT2D eigenvalue weighted by Gasteiger charge is -2.10. The van der Waals surface area contributed by atoms with Crippen LogP contribution < -0.4 is 10.1 Å². The Morgan fingerprint density at radius 1 is 1.24 bits per heavy atom. The topological polar surface area (TPSA) is 38.3 Å². The summed E-state index contributed by atoms with van der Waals surface area (Å²) in [5.41, 5.74) is -0.389. The van der Waals surface area contributed by atoms with Crippen LogP contribution in [0.5, 0.6) is 5.75 Å². The van der Waals surface area contributed by atoms with E-state index in [4.69, 9.17) is 16.3 Å². The van der Waals surface area contributed by atoms with Gasteiger partial charge in [0.05, 0.1) is 23.4 Å². The van der Waals surface area contributed by atoms with E-state index in [2.05, 4.69) is 21.2 Å². The van der Waals surface area contributed by atoms with Gasteiger partial charge in [0, 0.05) is 16.1 Å². The maximum atomic E-state index is 12.7. The molecule has 0 bridgehead atoms. The first-order valence-electron chi connectivity index (χ1n) is 6.90. The van der Waals surface area contributed by atoms with Crippen molar-refractivity contribution in [3.63, 3.8) is 0 Å². The van der Waals surface area contributed by atoms with Gasteiger partial charge in [0.25, 0.3) is 0 Å². The molecule has 0 spiro atoms. The van der Waals surface area contributed by atoms with Gasteiger partial charge in [-0.05, 0) is 42.5 Å². The molecule has 25 heavy (non-hydrogen) atoms. The molecule has 0 saturated carbocycles. The number of anilines is 1. The molecule has 0 unspecified atom stereocenters. The van der Waals surface area contributed by atoms with Crippen LogP contribution in [-0.4, -0.2) is 13.0 Å². The van der Waals surface area contributed by atoms with Crippen molar-refractivity contribution >= 4 is 45.2 Å². The number of hydrogen-bond acceptors (Lipinski definition) is 2. The molecule has 2 rings (SSSR count). The molecule has 2 aromatic carbocycles. The lowest BCUT2D eigenvalue weighted by atomic mass is 10.1. The number of hydrogen-bond donors (Lipinski definition) is 1. The fourth-order valence-corrected chi connectivity index (χ4v) is 2.52. The van der Waals surface area contributed by atoms with E-state index in [9.17, 15) is 18.0 Å². The Bertz CT molecular complexity index is 822. The van der Waals surface area contributed by atoms with Crippen LogP contribution in [0.3, 0.4) is 0 Å². The number of nitrogens with one attached hydrogen (secondary N) is 1. The number of carbonyl (C=O) groups excluding carboxylic acids is 1. The molecule has 132 valence electrons. The van der Waals surface area contributed by atoms with Crippen LogP contribution in [-0.2, 0) is 11.0 Å². The van der Waals surface area contributed by atoms with Gasteiger partial charge < -0.3 is 10.1 Å². The van der Waals surface area contributed by atoms with Gasteiger partial charge in [-0.3, -0.25) is 4.79 Å². The van der Waals surface area contributed by atoms with Gasteiger partial charge in [-0.2, -0.15) is 13.2 Å². The molecular formula is C17H12BrClF3NO2. The van der Waals surface area contributed by atoms with Crippen molar-refractivity contribution in [1.82, 2.24) is 0 Å². The number of carbonyl (C=O) groups is 1. The van der Waals surface area contributed by atoms with Crippen molar-refractivity contribution in [2.24, 2.45) is 0 Å². The highest BCUT2D eigenvalue weighted by molar-refractivity contribution is 9.10. The molecule has 0 aromatic heterocycles. The fraction of sp³-hybridized carbons (Fsp3) is 0.118. The first kappa shape index (κ1) is 19.3. The summed E-state index contributed by atoms with van der Waals surface area (Å²) in [5, 5.41) is 2.34. The van der Waals surface area contributed by atoms with E-state index >= 15 is 0 Å². The molecule has 0 atom stereocenters. The fourth-order valence-electron chi connectivity index (χ4n) is 1.97. The van der Waals surface area contributed by atoms with Crippen molar-refractivity contribution in [2.45, 2.75) is 6.18 Å². The normalized spacial score (nSPS) is 11.6. The minimum absolute atomic E-state index is 0.00906. The molecular weight excluding hydrogens is 423 g/mol. The number of benzene rings is 2. The second-order valence-corrected chi connectivity index (χ2v) is 6.22. The van der Waals surface area contributed by atoms with Gasteiger partial charge in [0.15, 0.2) is 0 Å². The summed E-state index contributed by atoms with van der Waals surface area (Å²) in [5.74, 6) is -0.0763. The molecule has 8 heteroatoms. The largest absolute Gasteiger partial charge is 0.496 e. The molecule has 0 heterocycles. The van der Waals surface area contributed by atoms with E-state index in [1.807, 2.05) is 0 Å². The Morgan fingerprint density at radius 2 is 1.96 bits per heavy atom. The Kier molecular flexibility index (Phi) is 6.13. The Morgan fingerprint density at radius 3 is 2.60 bits per heavy atom. The van der Waals surface area contributed by atoms with E-state index in [1.54, 1.807) is 18.2 Å². The Hall–Kier alpha value is -1.99. The van der Waals surface area contributed by atoms with E-state index in [1.165, 1.54) is 19.3 Å². The minimum atomic E-state index is -4.52. The smallest absolute Gasteiger partial charge is 0.416 e. The predicted molar refractivity (Wildman–Crippen MR) is 94.8 cm³/mol. The van der Waals surface area contributed by atoms with E-state index < -0.39 is 17.6 Å². The number of rotatable bonds is 4. The van der Waals surface area contributed by atoms with E-state index in [0.717, 1.165) is 22.7 Å². The average Bonchev–Trinajstić information content (AvgIpc) is 2.54. The molecule has 0 aliphatic carbocycles. The zero-order valence-electron chi connectivity index (χ0n) is 12.8. The quantitative estimate of drug-likeness (QED) is 0.619. The molecule has 0 fully saturated rings. The maximum Gasteiger partial charge on any atom is 0.416 e. The number of methoxy groups -OCH3 is 1. The zero-order valence-corrected chi connectivity index (χ0v) is 15.2. The second-order valence-electron chi connectivity index (χ2n) is 4.90. The molecule has 1 amide bonds. The summed E-state index contributed by atoms with van der Waals surface area (Å²) in [6, 6.07) is 7.94. The highest BCUT2D eigenvalue weighted by atomic mass is 79.9. The molecule has 2 aromatic rings. The zero-order chi connectivity index (χ0) is 18.6. The first-order chi connectivity index (χ1) is 11.7. The third kappa shape index (κ3) is 5.24. The summed E-state index contributed by atoms with van der Waals surface area (Å²) in [4.78, 5) is 12.0. The standard InChI is InChI=1S/C17H12BrClF3NO2/c1-25-15-6-4-12(18)8-10(15)2-7-16(24)23-14-9-11(17(20,21)22)3-5-13(14)19/h2-9H,1H3,(H,23,24)/b7-2+. The first-order valence-corrected chi connectivity index (χ1v) is 8.07. The maximum absolute atomic E-state index is 12.7. The van der Waals surface area contributed by atoms with Crippen LogP contribution in [0.25, 0.3) is 6.08 Å². The van der Waals surface area contributed by atoms with Crippen LogP contribution in [0.2, 0.25) is 5.02 Å². The summed E-state index contributed by atoms with van der Waals surface area (Å²) in [6.07, 6.45) is -1.86. The van der Waals surface area contributed by atoms with Gasteiger partial charge in [0.1, 0.15) is 5.75 Å². The number of halogens is 5. The molecule has 0 aliphatic rings. The highest BCUT2D eigenvalue weighted by Crippen LogP contribution is 2.33. The SMILES string of the molecule is COc1ccc(Br)cc1/C=C/C(=O)Nc1cc(C(F)(F)F)ccc1Cl. The van der Waals surface area contributed by atoms with Crippen molar-refractivity contribution in [3.05, 3.63) is 63.1 Å². The minimum Gasteiger partial charge on any atom is -0.496 e. The van der Waals surface area contributed by atoms with Crippen molar-refractivity contribution < 1.29 is 22.7 Å². The second kappa shape index (κ2) is 7.93. The third-order valence-electron chi connectivity index (χ3n) is 3.16. The Balaban J connectivity index is 2.19. The molecule has 0 saturated heterocycles. The molecule has 3 nitrogen and oxygen atoms in total. The molecule has 0 aliphatic heterocycles. The predicted octanol–water partition coefficient (Wildman–Crippen LogP) is 5.78. The Labute approximate surface area is 155 Å². The number of ether oxygens (including phenoxy) is 1. The lowest BCUT2D eigenvalue weighted by molar-refractivity contribution is -0.137. The van der Waals surface area contributed by atoms with Crippen LogP contribution in [0, 0.1) is 0 Å². The van der Waals surface area contributed by atoms with Crippen LogP contribution in [0.15, 0.2) is 46.9 Å². The molecule has 1 N–H and O–H groups in total. The van der Waals surface area contributed by atoms with Crippen molar-refractivity contribution in [2.75, 3.05) is 12.4 Å². The van der Waals surface area contributed by atoms with Crippen LogP contribution in [0.4, 0.5) is 18.9 Å². The van der Waals surface area contributed by atoms with Crippen LogP contribution >= 0.6 is 27.5 Å². The van der Waals surface area contributed by atoms with Gasteiger partial charge in [-0.25, -0.2) is 0 Å². The molecule has 0 radical (unpaired) electrons. The van der Waals surface area contributed by atoms with Gasteiger partial charge in [0.2, 0.25) is 5.91 Å². The highest BCUT2D eigenvalue weighted by Gasteiger charge is 2.31. The van der Waals surface area contributed by atoms with Gasteiger partial charge >= 0.3 is 6.18 Å². The monoisotopic (exact) mass is 433 g/mol.